The van der Waals surface area contributed by atoms with E-state index < -0.39 is 0 Å². The maximum absolute atomic E-state index is 13.0. The fraction of sp³-hybridized carbons (Fsp3) is 0.0909. The zero-order valence-corrected chi connectivity index (χ0v) is 15.2. The Morgan fingerprint density at radius 3 is 2.37 bits per heavy atom. The third kappa shape index (κ3) is 3.71. The Morgan fingerprint density at radius 2 is 1.63 bits per heavy atom. The van der Waals surface area contributed by atoms with Crippen molar-refractivity contribution in [3.8, 4) is 11.1 Å². The molecule has 1 heterocycles. The number of para-hydroxylation sites is 1. The molecule has 0 bridgehead atoms. The van der Waals surface area contributed by atoms with Crippen LogP contribution in [0, 0.1) is 0 Å². The number of hydrogen-bond acceptors (Lipinski definition) is 3. The average Bonchev–Trinajstić information content (AvgIpc) is 3.24. The van der Waals surface area contributed by atoms with Crippen LogP contribution in [-0.2, 0) is 4.74 Å². The van der Waals surface area contributed by atoms with Gasteiger partial charge in [0, 0.05) is 10.6 Å². The first-order valence-corrected chi connectivity index (χ1v) is 9.03. The molecule has 4 nitrogen and oxygen atoms in total. The minimum Gasteiger partial charge on any atom is -0.475 e. The van der Waals surface area contributed by atoms with Crippen molar-refractivity contribution in [3.05, 3.63) is 88.9 Å². The van der Waals surface area contributed by atoms with E-state index >= 15 is 0 Å². The number of ether oxygens (including phenoxy) is 1. The molecule has 0 unspecified atom stereocenters. The molecular weight excluding hydrogens is 360 g/mol. The molecule has 3 aromatic carbocycles. The molecule has 0 radical (unpaired) electrons. The van der Waals surface area contributed by atoms with E-state index in [4.69, 9.17) is 16.3 Å². The van der Waals surface area contributed by atoms with E-state index in [2.05, 4.69) is 10.3 Å². The van der Waals surface area contributed by atoms with Gasteiger partial charge in [0.1, 0.15) is 6.61 Å². The van der Waals surface area contributed by atoms with Crippen LogP contribution in [0.15, 0.2) is 77.8 Å². The predicted octanol–water partition coefficient (Wildman–Crippen LogP) is 5.04. The van der Waals surface area contributed by atoms with Crippen LogP contribution in [0.5, 0.6) is 0 Å². The number of anilines is 1. The van der Waals surface area contributed by atoms with Crippen molar-refractivity contribution in [1.29, 1.82) is 0 Å². The first kappa shape index (κ1) is 17.3. The summed E-state index contributed by atoms with van der Waals surface area (Å²) in [6, 6.07) is 22.5. The van der Waals surface area contributed by atoms with Crippen LogP contribution < -0.4 is 5.32 Å². The number of nitrogens with one attached hydrogen (secondary N) is 1. The lowest BCUT2D eigenvalue weighted by atomic mass is 9.99. The van der Waals surface area contributed by atoms with Gasteiger partial charge in [0.2, 0.25) is 5.90 Å². The summed E-state index contributed by atoms with van der Waals surface area (Å²) in [6.07, 6.45) is 0. The number of rotatable bonds is 4. The first-order valence-electron chi connectivity index (χ1n) is 8.65. The van der Waals surface area contributed by atoms with Crippen LogP contribution >= 0.6 is 11.6 Å². The van der Waals surface area contributed by atoms with E-state index in [9.17, 15) is 4.79 Å². The summed E-state index contributed by atoms with van der Waals surface area (Å²) in [5.41, 5.74) is 3.82. The second-order valence-corrected chi connectivity index (χ2v) is 6.52. The van der Waals surface area contributed by atoms with Gasteiger partial charge in [0.25, 0.3) is 5.91 Å². The van der Waals surface area contributed by atoms with Gasteiger partial charge in [-0.3, -0.25) is 4.79 Å². The maximum atomic E-state index is 13.0. The number of halogens is 1. The molecule has 1 aliphatic heterocycles. The third-order valence-electron chi connectivity index (χ3n) is 4.32. The highest BCUT2D eigenvalue weighted by Crippen LogP contribution is 2.27. The van der Waals surface area contributed by atoms with Crippen molar-refractivity contribution in [1.82, 2.24) is 0 Å². The van der Waals surface area contributed by atoms with E-state index in [0.29, 0.717) is 35.3 Å². The molecular formula is C22H17ClN2O2. The Kier molecular flexibility index (Phi) is 4.90. The molecule has 4 rings (SSSR count). The molecule has 0 spiro atoms. The van der Waals surface area contributed by atoms with Crippen LogP contribution in [0.3, 0.4) is 0 Å². The lowest BCUT2D eigenvalue weighted by Crippen LogP contribution is -2.16. The number of aliphatic imine (C=N–C) groups is 1. The van der Waals surface area contributed by atoms with E-state index in [1.54, 1.807) is 0 Å². The van der Waals surface area contributed by atoms with Gasteiger partial charge < -0.3 is 10.1 Å². The van der Waals surface area contributed by atoms with Crippen LogP contribution in [0.4, 0.5) is 5.69 Å². The van der Waals surface area contributed by atoms with Crippen molar-refractivity contribution < 1.29 is 9.53 Å². The molecule has 0 atom stereocenters. The summed E-state index contributed by atoms with van der Waals surface area (Å²) in [7, 11) is 0. The van der Waals surface area contributed by atoms with Crippen LogP contribution in [0.25, 0.3) is 11.1 Å². The Bertz CT molecular complexity index is 1010. The zero-order chi connectivity index (χ0) is 18.6. The van der Waals surface area contributed by atoms with Gasteiger partial charge in [-0.15, -0.1) is 0 Å². The second-order valence-electron chi connectivity index (χ2n) is 6.09. The first-order chi connectivity index (χ1) is 13.2. The smallest absolute Gasteiger partial charge is 0.256 e. The number of benzene rings is 3. The lowest BCUT2D eigenvalue weighted by molar-refractivity contribution is 0.102. The lowest BCUT2D eigenvalue weighted by Gasteiger charge is -2.13. The predicted molar refractivity (Wildman–Crippen MR) is 109 cm³/mol. The van der Waals surface area contributed by atoms with Crippen molar-refractivity contribution in [2.24, 2.45) is 4.99 Å². The van der Waals surface area contributed by atoms with Gasteiger partial charge >= 0.3 is 0 Å². The quantitative estimate of drug-likeness (QED) is 0.693. The number of amides is 1. The highest BCUT2D eigenvalue weighted by Gasteiger charge is 2.18. The summed E-state index contributed by atoms with van der Waals surface area (Å²) in [4.78, 5) is 17.4. The third-order valence-corrected chi connectivity index (χ3v) is 4.57. The molecule has 0 saturated heterocycles. The van der Waals surface area contributed by atoms with E-state index in [-0.39, 0.29) is 5.91 Å². The van der Waals surface area contributed by atoms with Crippen molar-refractivity contribution in [3.63, 3.8) is 0 Å². The molecule has 0 saturated carbocycles. The van der Waals surface area contributed by atoms with Crippen molar-refractivity contribution in [2.45, 2.75) is 0 Å². The fourth-order valence-corrected chi connectivity index (χ4v) is 3.15. The highest BCUT2D eigenvalue weighted by atomic mass is 35.5. The molecule has 0 aliphatic carbocycles. The van der Waals surface area contributed by atoms with E-state index in [1.165, 1.54) is 0 Å². The van der Waals surface area contributed by atoms with Crippen molar-refractivity contribution in [2.75, 3.05) is 18.5 Å². The summed E-state index contributed by atoms with van der Waals surface area (Å²) in [5, 5.41) is 3.66. The standard InChI is InChI=1S/C22H17ClN2O2/c23-16-11-9-15(10-12-16)17-5-1-2-6-18(17)21(26)25-20-8-4-3-7-19(20)22-24-13-14-27-22/h1-12H,13-14H2,(H,25,26). The Hall–Kier alpha value is -3.11. The average molecular weight is 377 g/mol. The van der Waals surface area contributed by atoms with E-state index in [0.717, 1.165) is 16.7 Å². The summed E-state index contributed by atoms with van der Waals surface area (Å²) in [5.74, 6) is 0.378. The monoisotopic (exact) mass is 376 g/mol. The van der Waals surface area contributed by atoms with Gasteiger partial charge in [-0.05, 0) is 41.5 Å². The number of hydrogen-bond donors (Lipinski definition) is 1. The van der Waals surface area contributed by atoms with Crippen molar-refractivity contribution >= 4 is 29.1 Å². The van der Waals surface area contributed by atoms with Gasteiger partial charge in [-0.2, -0.15) is 0 Å². The Balaban J connectivity index is 1.66. The van der Waals surface area contributed by atoms with E-state index in [1.807, 2.05) is 72.8 Å². The molecule has 1 amide bonds. The molecule has 0 aromatic heterocycles. The summed E-state index contributed by atoms with van der Waals surface area (Å²) < 4.78 is 5.56. The van der Waals surface area contributed by atoms with Gasteiger partial charge in [0.05, 0.1) is 17.8 Å². The molecule has 134 valence electrons. The summed E-state index contributed by atoms with van der Waals surface area (Å²) in [6.45, 7) is 1.20. The minimum absolute atomic E-state index is 0.188. The number of carbonyl (C=O) groups is 1. The zero-order valence-electron chi connectivity index (χ0n) is 14.5. The largest absolute Gasteiger partial charge is 0.475 e. The second kappa shape index (κ2) is 7.64. The topological polar surface area (TPSA) is 50.7 Å². The van der Waals surface area contributed by atoms with Gasteiger partial charge in [-0.25, -0.2) is 4.99 Å². The molecule has 1 N–H and O–H groups in total. The molecule has 27 heavy (non-hydrogen) atoms. The van der Waals surface area contributed by atoms with Gasteiger partial charge in [0.15, 0.2) is 0 Å². The molecule has 0 fully saturated rings. The van der Waals surface area contributed by atoms with Gasteiger partial charge in [-0.1, -0.05) is 54.1 Å². The Labute approximate surface area is 162 Å². The fourth-order valence-electron chi connectivity index (χ4n) is 3.03. The highest BCUT2D eigenvalue weighted by molar-refractivity contribution is 6.30. The Morgan fingerprint density at radius 1 is 0.926 bits per heavy atom. The number of carbonyl (C=O) groups excluding carboxylic acids is 1. The molecule has 5 heteroatoms. The van der Waals surface area contributed by atoms with Crippen LogP contribution in [-0.4, -0.2) is 25.0 Å². The normalized spacial score (nSPS) is 13.0. The number of nitrogens with zero attached hydrogens (tertiary/aromatic N) is 1. The SMILES string of the molecule is O=C(Nc1ccccc1C1=NCCO1)c1ccccc1-c1ccc(Cl)cc1. The van der Waals surface area contributed by atoms with Crippen LogP contribution in [0.1, 0.15) is 15.9 Å². The minimum atomic E-state index is -0.188. The summed E-state index contributed by atoms with van der Waals surface area (Å²) >= 11 is 5.99. The maximum Gasteiger partial charge on any atom is 0.256 e. The molecule has 3 aromatic rings. The molecule has 1 aliphatic rings. The van der Waals surface area contributed by atoms with Crippen LogP contribution in [0.2, 0.25) is 5.02 Å².